The van der Waals surface area contributed by atoms with E-state index in [9.17, 15) is 9.59 Å². The lowest BCUT2D eigenvalue weighted by Gasteiger charge is -2.21. The molecular formula is C13H18N2O4. The van der Waals surface area contributed by atoms with E-state index in [1.807, 2.05) is 13.8 Å². The maximum Gasteiger partial charge on any atom is 0.337 e. The fourth-order valence-electron chi connectivity index (χ4n) is 1.35. The van der Waals surface area contributed by atoms with Gasteiger partial charge in [0.1, 0.15) is 5.75 Å². The number of hydrogen-bond acceptors (Lipinski definition) is 4. The zero-order valence-electron chi connectivity index (χ0n) is 11.2. The summed E-state index contributed by atoms with van der Waals surface area (Å²) in [5, 5.41) is 8.92. The third-order valence-electron chi connectivity index (χ3n) is 2.79. The normalized spacial score (nSPS) is 10.3. The smallest absolute Gasteiger partial charge is 0.337 e. The molecule has 0 heterocycles. The number of benzene rings is 1. The van der Waals surface area contributed by atoms with Crippen molar-refractivity contribution in [3.63, 3.8) is 0 Å². The van der Waals surface area contributed by atoms with E-state index in [4.69, 9.17) is 15.6 Å². The van der Waals surface area contributed by atoms with Gasteiger partial charge in [-0.2, -0.15) is 0 Å². The van der Waals surface area contributed by atoms with E-state index in [-0.39, 0.29) is 29.8 Å². The predicted octanol–water partition coefficient (Wildman–Crippen LogP) is 1.21. The minimum Gasteiger partial charge on any atom is -0.484 e. The summed E-state index contributed by atoms with van der Waals surface area (Å²) in [6.07, 6.45) is 0. The van der Waals surface area contributed by atoms with Gasteiger partial charge in [-0.15, -0.1) is 0 Å². The highest BCUT2D eigenvalue weighted by atomic mass is 16.5. The molecule has 0 aromatic heterocycles. The predicted molar refractivity (Wildman–Crippen MR) is 71.2 cm³/mol. The lowest BCUT2D eigenvalue weighted by atomic mass is 10.2. The molecule has 0 saturated heterocycles. The molecule has 104 valence electrons. The van der Waals surface area contributed by atoms with E-state index in [1.54, 1.807) is 11.9 Å². The lowest BCUT2D eigenvalue weighted by molar-refractivity contribution is -0.133. The third-order valence-corrected chi connectivity index (χ3v) is 2.79. The maximum absolute atomic E-state index is 11.7. The van der Waals surface area contributed by atoms with Gasteiger partial charge in [0.05, 0.1) is 5.56 Å². The Labute approximate surface area is 111 Å². The first kappa shape index (κ1) is 14.8. The van der Waals surface area contributed by atoms with Crippen molar-refractivity contribution in [3.8, 4) is 5.75 Å². The Morgan fingerprint density at radius 2 is 2.05 bits per heavy atom. The van der Waals surface area contributed by atoms with Crippen molar-refractivity contribution in [2.45, 2.75) is 19.9 Å². The number of carbonyl (C=O) groups is 2. The second-order valence-corrected chi connectivity index (χ2v) is 4.44. The van der Waals surface area contributed by atoms with Crippen molar-refractivity contribution in [3.05, 3.63) is 23.8 Å². The van der Waals surface area contributed by atoms with Gasteiger partial charge in [0, 0.05) is 18.8 Å². The highest BCUT2D eigenvalue weighted by Crippen LogP contribution is 2.19. The van der Waals surface area contributed by atoms with Crippen LogP contribution in [0.4, 0.5) is 5.69 Å². The molecule has 0 unspecified atom stereocenters. The molecule has 0 aliphatic heterocycles. The Morgan fingerprint density at radius 3 is 2.58 bits per heavy atom. The van der Waals surface area contributed by atoms with Crippen LogP contribution in [-0.4, -0.2) is 41.6 Å². The molecule has 6 nitrogen and oxygen atoms in total. The van der Waals surface area contributed by atoms with Crippen molar-refractivity contribution in [1.29, 1.82) is 0 Å². The Kier molecular flexibility index (Phi) is 4.74. The summed E-state index contributed by atoms with van der Waals surface area (Å²) in [4.78, 5) is 24.2. The molecule has 0 atom stereocenters. The Hall–Kier alpha value is -2.24. The lowest BCUT2D eigenvalue weighted by Crippen LogP contribution is -2.36. The Bertz CT molecular complexity index is 486. The van der Waals surface area contributed by atoms with E-state index in [1.165, 1.54) is 18.2 Å². The molecule has 0 aliphatic carbocycles. The second kappa shape index (κ2) is 6.08. The Morgan fingerprint density at radius 1 is 1.42 bits per heavy atom. The van der Waals surface area contributed by atoms with E-state index in [0.717, 1.165) is 0 Å². The summed E-state index contributed by atoms with van der Waals surface area (Å²) in [7, 11) is 1.68. The molecule has 1 amide bonds. The van der Waals surface area contributed by atoms with Gasteiger partial charge in [0.2, 0.25) is 0 Å². The monoisotopic (exact) mass is 266 g/mol. The number of anilines is 1. The topological polar surface area (TPSA) is 92.9 Å². The first-order chi connectivity index (χ1) is 8.82. The molecule has 1 rings (SSSR count). The SMILES string of the molecule is CC(C)N(C)C(=O)COc1ccc(N)c(C(=O)O)c1. The molecule has 0 fully saturated rings. The van der Waals surface area contributed by atoms with Crippen LogP contribution in [0.5, 0.6) is 5.75 Å². The maximum atomic E-state index is 11.7. The minimum absolute atomic E-state index is 0.0397. The van der Waals surface area contributed by atoms with Crippen molar-refractivity contribution in [2.24, 2.45) is 0 Å². The average Bonchev–Trinajstić information content (AvgIpc) is 2.35. The number of ether oxygens (including phenoxy) is 1. The van der Waals surface area contributed by atoms with E-state index >= 15 is 0 Å². The minimum atomic E-state index is -1.13. The zero-order valence-corrected chi connectivity index (χ0v) is 11.2. The number of carboxylic acid groups (broad SMARTS) is 1. The van der Waals surface area contributed by atoms with Gasteiger partial charge >= 0.3 is 5.97 Å². The zero-order chi connectivity index (χ0) is 14.6. The van der Waals surface area contributed by atoms with Crippen molar-refractivity contribution in [2.75, 3.05) is 19.4 Å². The molecule has 0 saturated carbocycles. The molecule has 1 aromatic rings. The number of carboxylic acids is 1. The van der Waals surface area contributed by atoms with Gasteiger partial charge in [0.25, 0.3) is 5.91 Å². The number of nitrogens with zero attached hydrogens (tertiary/aromatic N) is 1. The van der Waals surface area contributed by atoms with Crippen LogP contribution >= 0.6 is 0 Å². The van der Waals surface area contributed by atoms with Crippen LogP contribution in [0.3, 0.4) is 0 Å². The summed E-state index contributed by atoms with van der Waals surface area (Å²) < 4.78 is 5.27. The fraction of sp³-hybridized carbons (Fsp3) is 0.385. The summed E-state index contributed by atoms with van der Waals surface area (Å²) in [6, 6.07) is 4.36. The van der Waals surface area contributed by atoms with E-state index in [0.29, 0.717) is 5.75 Å². The van der Waals surface area contributed by atoms with Crippen LogP contribution in [0, 0.1) is 0 Å². The number of carbonyl (C=O) groups excluding carboxylic acids is 1. The van der Waals surface area contributed by atoms with E-state index < -0.39 is 5.97 Å². The highest BCUT2D eigenvalue weighted by molar-refractivity contribution is 5.94. The largest absolute Gasteiger partial charge is 0.484 e. The van der Waals surface area contributed by atoms with Gasteiger partial charge in [0.15, 0.2) is 6.61 Å². The molecule has 0 radical (unpaired) electrons. The van der Waals surface area contributed by atoms with Gasteiger partial charge in [-0.05, 0) is 32.0 Å². The number of likely N-dealkylation sites (N-methyl/N-ethyl adjacent to an activating group) is 1. The molecule has 1 aromatic carbocycles. The molecule has 0 bridgehead atoms. The first-order valence-electron chi connectivity index (χ1n) is 5.84. The van der Waals surface area contributed by atoms with Crippen LogP contribution in [0.25, 0.3) is 0 Å². The van der Waals surface area contributed by atoms with Gasteiger partial charge in [-0.1, -0.05) is 0 Å². The Balaban J connectivity index is 2.71. The molecule has 3 N–H and O–H groups in total. The summed E-state index contributed by atoms with van der Waals surface area (Å²) in [6.45, 7) is 3.64. The number of hydrogen-bond donors (Lipinski definition) is 2. The fourth-order valence-corrected chi connectivity index (χ4v) is 1.35. The standard InChI is InChI=1S/C13H18N2O4/c1-8(2)15(3)12(16)7-19-9-4-5-11(14)10(6-9)13(17)18/h4-6,8H,7,14H2,1-3H3,(H,17,18). The number of nitrogens with two attached hydrogens (primary N) is 1. The average molecular weight is 266 g/mol. The molecular weight excluding hydrogens is 248 g/mol. The summed E-state index contributed by atoms with van der Waals surface area (Å²) >= 11 is 0. The quantitative estimate of drug-likeness (QED) is 0.781. The van der Waals surface area contributed by atoms with Crippen LogP contribution in [0.1, 0.15) is 24.2 Å². The first-order valence-corrected chi connectivity index (χ1v) is 5.84. The molecule has 19 heavy (non-hydrogen) atoms. The van der Waals surface area contributed by atoms with Crippen LogP contribution < -0.4 is 10.5 Å². The number of rotatable bonds is 5. The van der Waals surface area contributed by atoms with E-state index in [2.05, 4.69) is 0 Å². The van der Waals surface area contributed by atoms with Crippen molar-refractivity contribution in [1.82, 2.24) is 4.90 Å². The highest BCUT2D eigenvalue weighted by Gasteiger charge is 2.14. The molecule has 0 spiro atoms. The molecule has 0 aliphatic rings. The van der Waals surface area contributed by atoms with Crippen LogP contribution in [0.15, 0.2) is 18.2 Å². The number of amides is 1. The van der Waals surface area contributed by atoms with Crippen molar-refractivity contribution < 1.29 is 19.4 Å². The number of nitrogen functional groups attached to an aromatic ring is 1. The van der Waals surface area contributed by atoms with Gasteiger partial charge in [-0.3, -0.25) is 4.79 Å². The molecule has 6 heteroatoms. The van der Waals surface area contributed by atoms with Crippen LogP contribution in [0.2, 0.25) is 0 Å². The second-order valence-electron chi connectivity index (χ2n) is 4.44. The number of aromatic carboxylic acids is 1. The van der Waals surface area contributed by atoms with Gasteiger partial charge < -0.3 is 20.5 Å². The van der Waals surface area contributed by atoms with Gasteiger partial charge in [-0.25, -0.2) is 4.79 Å². The summed E-state index contributed by atoms with van der Waals surface area (Å²) in [5.74, 6) is -1.01. The van der Waals surface area contributed by atoms with Crippen LogP contribution in [-0.2, 0) is 4.79 Å². The third kappa shape index (κ3) is 3.87. The van der Waals surface area contributed by atoms with Crippen molar-refractivity contribution >= 4 is 17.6 Å². The summed E-state index contributed by atoms with van der Waals surface area (Å²) in [5.41, 5.74) is 5.64.